The smallest absolute Gasteiger partial charge is 0.163 e. The third-order valence-corrected chi connectivity index (χ3v) is 1.89. The highest BCUT2D eigenvalue weighted by molar-refractivity contribution is 5.63. The van der Waals surface area contributed by atoms with Crippen LogP contribution in [0.25, 0.3) is 0 Å². The Labute approximate surface area is 87.4 Å². The number of nitrogens with one attached hydrogen (secondary N) is 1. The Hall–Kier alpha value is -2.04. The fraction of sp³-hybridized carbons (Fsp3) is 0.200. The van der Waals surface area contributed by atoms with Crippen molar-refractivity contribution in [1.82, 2.24) is 5.43 Å². The fourth-order valence-corrected chi connectivity index (χ4v) is 1.26. The highest BCUT2D eigenvalue weighted by Crippen LogP contribution is 2.33. The maximum atomic E-state index is 5.42. The third-order valence-electron chi connectivity index (χ3n) is 1.89. The van der Waals surface area contributed by atoms with Crippen LogP contribution in [0.3, 0.4) is 0 Å². The molecule has 1 aliphatic heterocycles. The van der Waals surface area contributed by atoms with Crippen LogP contribution in [0.2, 0.25) is 0 Å². The second-order valence-corrected chi connectivity index (χ2v) is 2.87. The van der Waals surface area contributed by atoms with Gasteiger partial charge in [0.05, 0.1) is 5.69 Å². The van der Waals surface area contributed by atoms with Gasteiger partial charge in [-0.05, 0) is 12.1 Å². The number of aliphatic imine (C=N–C) groups is 1. The number of benzene rings is 1. The van der Waals surface area contributed by atoms with Gasteiger partial charge in [-0.1, -0.05) is 0 Å². The van der Waals surface area contributed by atoms with E-state index >= 15 is 0 Å². The van der Waals surface area contributed by atoms with Gasteiger partial charge in [-0.15, -0.1) is 0 Å². The Morgan fingerprint density at radius 2 is 2.07 bits per heavy atom. The van der Waals surface area contributed by atoms with Crippen molar-refractivity contribution in [2.24, 2.45) is 10.1 Å². The molecule has 0 unspecified atom stereocenters. The molecule has 1 aliphatic rings. The number of fused-ring (bicyclic) bond motifs is 1. The van der Waals surface area contributed by atoms with E-state index in [-0.39, 0.29) is 0 Å². The highest BCUT2D eigenvalue weighted by atomic mass is 16.6. The van der Waals surface area contributed by atoms with Crippen molar-refractivity contribution >= 4 is 18.7 Å². The topological polar surface area (TPSA) is 55.2 Å². The summed E-state index contributed by atoms with van der Waals surface area (Å²) in [6, 6.07) is 5.49. The summed E-state index contributed by atoms with van der Waals surface area (Å²) in [5.74, 6) is 1.48. The predicted molar refractivity (Wildman–Crippen MR) is 58.3 cm³/mol. The van der Waals surface area contributed by atoms with Crippen LogP contribution < -0.4 is 14.9 Å². The van der Waals surface area contributed by atoms with Crippen LogP contribution in [0.1, 0.15) is 0 Å². The van der Waals surface area contributed by atoms with E-state index in [0.717, 1.165) is 17.2 Å². The molecule has 0 saturated carbocycles. The van der Waals surface area contributed by atoms with Crippen LogP contribution in [-0.4, -0.2) is 26.3 Å². The van der Waals surface area contributed by atoms with Gasteiger partial charge in [0.25, 0.3) is 0 Å². The van der Waals surface area contributed by atoms with Crippen LogP contribution in [0.5, 0.6) is 11.5 Å². The molecule has 0 spiro atoms. The zero-order valence-corrected chi connectivity index (χ0v) is 8.14. The molecular weight excluding hydrogens is 194 g/mol. The molecule has 5 heteroatoms. The van der Waals surface area contributed by atoms with Crippen molar-refractivity contribution < 1.29 is 9.47 Å². The molecule has 0 fully saturated rings. The van der Waals surface area contributed by atoms with E-state index in [2.05, 4.69) is 22.2 Å². The van der Waals surface area contributed by atoms with E-state index in [4.69, 9.17) is 9.47 Å². The molecule has 2 rings (SSSR count). The molecule has 0 bridgehead atoms. The first-order chi connectivity index (χ1) is 7.40. The van der Waals surface area contributed by atoms with Crippen molar-refractivity contribution in [2.75, 3.05) is 13.2 Å². The Balaban J connectivity index is 2.16. The molecule has 0 aliphatic carbocycles. The fourth-order valence-electron chi connectivity index (χ4n) is 1.26. The van der Waals surface area contributed by atoms with Crippen molar-refractivity contribution in [2.45, 2.75) is 0 Å². The van der Waals surface area contributed by atoms with Gasteiger partial charge in [0.2, 0.25) is 0 Å². The number of ether oxygens (including phenoxy) is 2. The molecule has 0 saturated heterocycles. The van der Waals surface area contributed by atoms with Crippen LogP contribution in [0.15, 0.2) is 28.3 Å². The monoisotopic (exact) mass is 205 g/mol. The van der Waals surface area contributed by atoms with Gasteiger partial charge in [-0.2, -0.15) is 5.10 Å². The first-order valence-electron chi connectivity index (χ1n) is 4.53. The van der Waals surface area contributed by atoms with Crippen LogP contribution in [0.4, 0.5) is 5.69 Å². The maximum absolute atomic E-state index is 5.42. The van der Waals surface area contributed by atoms with Crippen molar-refractivity contribution in [1.29, 1.82) is 0 Å². The zero-order valence-electron chi connectivity index (χ0n) is 8.14. The van der Waals surface area contributed by atoms with Crippen LogP contribution in [-0.2, 0) is 0 Å². The predicted octanol–water partition coefficient (Wildman–Crippen LogP) is 1.32. The summed E-state index contributed by atoms with van der Waals surface area (Å²) in [5, 5.41) is 3.43. The van der Waals surface area contributed by atoms with Gasteiger partial charge in [0.15, 0.2) is 11.5 Å². The minimum absolute atomic E-state index is 0.576. The second kappa shape index (κ2) is 4.45. The van der Waals surface area contributed by atoms with Gasteiger partial charge >= 0.3 is 0 Å². The molecular formula is C10H11N3O2. The lowest BCUT2D eigenvalue weighted by atomic mass is 10.2. The minimum Gasteiger partial charge on any atom is -0.486 e. The maximum Gasteiger partial charge on any atom is 0.163 e. The summed E-state index contributed by atoms with van der Waals surface area (Å²) >= 11 is 0. The summed E-state index contributed by atoms with van der Waals surface area (Å²) in [6.07, 6.45) is 1.46. The van der Waals surface area contributed by atoms with Gasteiger partial charge in [-0.25, -0.2) is 4.99 Å². The van der Waals surface area contributed by atoms with Crippen molar-refractivity contribution in [3.8, 4) is 11.5 Å². The summed E-state index contributed by atoms with van der Waals surface area (Å²) in [6.45, 7) is 4.44. The molecule has 5 nitrogen and oxygen atoms in total. The Morgan fingerprint density at radius 1 is 1.27 bits per heavy atom. The Kier molecular flexibility index (Phi) is 2.82. The van der Waals surface area contributed by atoms with E-state index in [1.807, 2.05) is 18.2 Å². The van der Waals surface area contributed by atoms with E-state index in [1.165, 1.54) is 6.34 Å². The summed E-state index contributed by atoms with van der Waals surface area (Å²) in [5.41, 5.74) is 3.30. The lowest BCUT2D eigenvalue weighted by molar-refractivity contribution is 0.171. The number of hydrogen-bond acceptors (Lipinski definition) is 4. The quantitative estimate of drug-likeness (QED) is 0.460. The first kappa shape index (κ1) is 9.51. The molecule has 0 amide bonds. The minimum atomic E-state index is 0.576. The van der Waals surface area contributed by atoms with E-state index in [1.54, 1.807) is 0 Å². The van der Waals surface area contributed by atoms with Gasteiger partial charge < -0.3 is 9.47 Å². The van der Waals surface area contributed by atoms with Gasteiger partial charge in [-0.3, -0.25) is 5.43 Å². The lowest BCUT2D eigenvalue weighted by Gasteiger charge is -2.17. The van der Waals surface area contributed by atoms with E-state index in [9.17, 15) is 0 Å². The molecule has 0 aromatic heterocycles. The highest BCUT2D eigenvalue weighted by Gasteiger charge is 2.10. The average molecular weight is 205 g/mol. The molecule has 1 heterocycles. The van der Waals surface area contributed by atoms with E-state index < -0.39 is 0 Å². The average Bonchev–Trinajstić information content (AvgIpc) is 2.29. The van der Waals surface area contributed by atoms with E-state index in [0.29, 0.717) is 13.2 Å². The van der Waals surface area contributed by atoms with Crippen molar-refractivity contribution in [3.05, 3.63) is 18.2 Å². The molecule has 78 valence electrons. The van der Waals surface area contributed by atoms with Crippen LogP contribution >= 0.6 is 0 Å². The SMILES string of the molecule is C=NNC=Nc1ccc2c(c1)OCCO2. The largest absolute Gasteiger partial charge is 0.486 e. The molecule has 1 N–H and O–H groups in total. The molecule has 0 atom stereocenters. The summed E-state index contributed by atoms with van der Waals surface area (Å²) in [7, 11) is 0. The molecule has 0 radical (unpaired) electrons. The van der Waals surface area contributed by atoms with Crippen molar-refractivity contribution in [3.63, 3.8) is 0 Å². The second-order valence-electron chi connectivity index (χ2n) is 2.87. The van der Waals surface area contributed by atoms with Gasteiger partial charge in [0.1, 0.15) is 19.6 Å². The third kappa shape index (κ3) is 2.25. The summed E-state index contributed by atoms with van der Waals surface area (Å²) < 4.78 is 10.8. The zero-order chi connectivity index (χ0) is 10.5. The van der Waals surface area contributed by atoms with Gasteiger partial charge in [0, 0.05) is 12.8 Å². The van der Waals surface area contributed by atoms with Crippen LogP contribution in [0, 0.1) is 0 Å². The molecule has 15 heavy (non-hydrogen) atoms. The normalized spacial score (nSPS) is 13.9. The Bertz CT molecular complexity index is 390. The lowest BCUT2D eigenvalue weighted by Crippen LogP contribution is -2.14. The molecule has 1 aromatic carbocycles. The summed E-state index contributed by atoms with van der Waals surface area (Å²) in [4.78, 5) is 4.10. The molecule has 1 aromatic rings. The Morgan fingerprint density at radius 3 is 2.87 bits per heavy atom. The number of hydrazone groups is 1. The number of hydrogen-bond donors (Lipinski definition) is 1. The first-order valence-corrected chi connectivity index (χ1v) is 4.53. The standard InChI is InChI=1S/C10H11N3O2/c1-11-13-7-12-8-2-3-9-10(6-8)15-5-4-14-9/h2-3,6-7H,1,4-5H2,(H,12,13). The number of nitrogens with zero attached hydrogens (tertiary/aromatic N) is 2. The number of rotatable bonds is 3.